The van der Waals surface area contributed by atoms with E-state index in [0.717, 1.165) is 47.8 Å². The van der Waals surface area contributed by atoms with Crippen LogP contribution < -0.4 is 10.3 Å². The number of aromatic amines is 1. The molecule has 0 bridgehead atoms. The molecule has 0 radical (unpaired) electrons. The van der Waals surface area contributed by atoms with Crippen LogP contribution in [0.3, 0.4) is 0 Å². The van der Waals surface area contributed by atoms with Gasteiger partial charge in [-0.25, -0.2) is 4.98 Å². The van der Waals surface area contributed by atoms with Gasteiger partial charge in [-0.05, 0) is 18.6 Å². The van der Waals surface area contributed by atoms with Crippen LogP contribution in [0.4, 0.5) is 0 Å². The molecule has 3 aromatic rings. The Bertz CT molecular complexity index is 1060. The van der Waals surface area contributed by atoms with Crippen molar-refractivity contribution >= 4 is 11.8 Å². The molecule has 6 heteroatoms. The molecule has 29 heavy (non-hydrogen) atoms. The molecule has 150 valence electrons. The summed E-state index contributed by atoms with van der Waals surface area (Å²) in [5.74, 6) is 1.68. The third-order valence-corrected chi connectivity index (χ3v) is 6.11. The molecule has 0 saturated heterocycles. The normalized spacial score (nSPS) is 13.9. The van der Waals surface area contributed by atoms with Gasteiger partial charge in [0.2, 0.25) is 0 Å². The molecule has 0 aliphatic carbocycles. The largest absolute Gasteiger partial charge is 0.496 e. The number of H-pyrrole nitrogens is 1. The molecule has 0 amide bonds. The van der Waals surface area contributed by atoms with Gasteiger partial charge in [0.15, 0.2) is 5.16 Å². The quantitative estimate of drug-likeness (QED) is 0.495. The Hall–Kier alpha value is -2.57. The van der Waals surface area contributed by atoms with E-state index in [1.807, 2.05) is 18.2 Å². The number of methoxy groups -OCH3 is 1. The number of rotatable bonds is 6. The van der Waals surface area contributed by atoms with Crippen LogP contribution in [0.2, 0.25) is 0 Å². The average molecular weight is 408 g/mol. The molecule has 0 spiro atoms. The number of hydrogen-bond donors (Lipinski definition) is 1. The Morgan fingerprint density at radius 3 is 2.90 bits per heavy atom. The number of hydrogen-bond acceptors (Lipinski definition) is 5. The second-order valence-electron chi connectivity index (χ2n) is 7.35. The van der Waals surface area contributed by atoms with Gasteiger partial charge in [-0.15, -0.1) is 0 Å². The first-order valence-corrected chi connectivity index (χ1v) is 10.8. The van der Waals surface area contributed by atoms with Crippen LogP contribution in [0.25, 0.3) is 0 Å². The van der Waals surface area contributed by atoms with Gasteiger partial charge < -0.3 is 9.72 Å². The van der Waals surface area contributed by atoms with Gasteiger partial charge >= 0.3 is 0 Å². The van der Waals surface area contributed by atoms with Crippen molar-refractivity contribution < 1.29 is 4.74 Å². The molecule has 1 aliphatic heterocycles. The molecule has 5 nitrogen and oxygen atoms in total. The van der Waals surface area contributed by atoms with Crippen molar-refractivity contribution in [1.82, 2.24) is 14.9 Å². The standard InChI is InChI=1S/C23H25N3O2S/c1-16-6-5-7-17(12-16)15-29-23-24-20-10-11-26(14-19(20)22(27)25-23)13-18-8-3-4-9-21(18)28-2/h3-9,12H,10-11,13-15H2,1-2H3,(H,24,25,27). The number of nitrogens with zero attached hydrogens (tertiary/aromatic N) is 2. The molecular weight excluding hydrogens is 382 g/mol. The van der Waals surface area contributed by atoms with Crippen LogP contribution in [0, 0.1) is 6.92 Å². The summed E-state index contributed by atoms with van der Waals surface area (Å²) in [5.41, 5.74) is 5.30. The predicted octanol–water partition coefficient (Wildman–Crippen LogP) is 3.94. The Kier molecular flexibility index (Phi) is 6.02. The Morgan fingerprint density at radius 1 is 1.21 bits per heavy atom. The molecule has 1 aromatic heterocycles. The third-order valence-electron chi connectivity index (χ3n) is 5.17. The summed E-state index contributed by atoms with van der Waals surface area (Å²) in [7, 11) is 1.69. The van der Waals surface area contributed by atoms with Gasteiger partial charge in [0.1, 0.15) is 5.75 Å². The maximum atomic E-state index is 12.7. The lowest BCUT2D eigenvalue weighted by Gasteiger charge is -2.28. The van der Waals surface area contributed by atoms with Gasteiger partial charge in [0.25, 0.3) is 5.56 Å². The lowest BCUT2D eigenvalue weighted by atomic mass is 10.1. The number of ether oxygens (including phenoxy) is 1. The molecule has 1 N–H and O–H groups in total. The van der Waals surface area contributed by atoms with E-state index in [2.05, 4.69) is 47.1 Å². The van der Waals surface area contributed by atoms with Crippen LogP contribution in [0.5, 0.6) is 5.75 Å². The summed E-state index contributed by atoms with van der Waals surface area (Å²) >= 11 is 1.58. The first-order valence-electron chi connectivity index (χ1n) is 9.77. The number of nitrogens with one attached hydrogen (secondary N) is 1. The van der Waals surface area contributed by atoms with Gasteiger partial charge in [-0.2, -0.15) is 0 Å². The topological polar surface area (TPSA) is 58.2 Å². The zero-order valence-electron chi connectivity index (χ0n) is 16.8. The van der Waals surface area contributed by atoms with Crippen molar-refractivity contribution in [3.8, 4) is 5.75 Å². The van der Waals surface area contributed by atoms with Gasteiger partial charge in [-0.1, -0.05) is 59.8 Å². The highest BCUT2D eigenvalue weighted by molar-refractivity contribution is 7.98. The first kappa shape index (κ1) is 19.7. The van der Waals surface area contributed by atoms with E-state index >= 15 is 0 Å². The number of para-hydroxylation sites is 1. The summed E-state index contributed by atoms with van der Waals surface area (Å²) in [4.78, 5) is 22.7. The van der Waals surface area contributed by atoms with Crippen molar-refractivity contribution in [2.75, 3.05) is 13.7 Å². The zero-order chi connectivity index (χ0) is 20.2. The second kappa shape index (κ2) is 8.84. The highest BCUT2D eigenvalue weighted by atomic mass is 32.2. The molecule has 2 aromatic carbocycles. The van der Waals surface area contributed by atoms with Crippen molar-refractivity contribution in [2.24, 2.45) is 0 Å². The second-order valence-corrected chi connectivity index (χ2v) is 8.31. The summed E-state index contributed by atoms with van der Waals surface area (Å²) in [6.07, 6.45) is 0.784. The fraction of sp³-hybridized carbons (Fsp3) is 0.304. The minimum atomic E-state index is -0.0218. The van der Waals surface area contributed by atoms with E-state index in [4.69, 9.17) is 9.72 Å². The van der Waals surface area contributed by atoms with Crippen molar-refractivity contribution in [3.05, 3.63) is 86.8 Å². The van der Waals surface area contributed by atoms with E-state index in [9.17, 15) is 4.79 Å². The van der Waals surface area contributed by atoms with Crippen LogP contribution in [-0.2, 0) is 25.3 Å². The summed E-state index contributed by atoms with van der Waals surface area (Å²) in [5, 5.41) is 0.702. The summed E-state index contributed by atoms with van der Waals surface area (Å²) in [6, 6.07) is 16.4. The molecule has 0 unspecified atom stereocenters. The molecule has 0 atom stereocenters. The molecule has 0 saturated carbocycles. The minimum Gasteiger partial charge on any atom is -0.496 e. The zero-order valence-corrected chi connectivity index (χ0v) is 17.6. The maximum Gasteiger partial charge on any atom is 0.256 e. The van der Waals surface area contributed by atoms with Crippen molar-refractivity contribution in [3.63, 3.8) is 0 Å². The van der Waals surface area contributed by atoms with E-state index in [1.165, 1.54) is 11.1 Å². The number of aryl methyl sites for hydroxylation is 1. The van der Waals surface area contributed by atoms with Gasteiger partial charge in [0.05, 0.1) is 18.4 Å². The van der Waals surface area contributed by atoms with E-state index in [0.29, 0.717) is 11.7 Å². The highest BCUT2D eigenvalue weighted by Crippen LogP contribution is 2.24. The number of thioether (sulfide) groups is 1. The SMILES string of the molecule is COc1ccccc1CN1CCc2nc(SCc3cccc(C)c3)[nH]c(=O)c2C1. The highest BCUT2D eigenvalue weighted by Gasteiger charge is 2.22. The van der Waals surface area contributed by atoms with Crippen LogP contribution in [-0.4, -0.2) is 28.5 Å². The van der Waals surface area contributed by atoms with Crippen LogP contribution in [0.1, 0.15) is 27.9 Å². The number of fused-ring (bicyclic) bond motifs is 1. The first-order chi connectivity index (χ1) is 14.1. The van der Waals surface area contributed by atoms with Crippen molar-refractivity contribution in [2.45, 2.75) is 37.3 Å². The van der Waals surface area contributed by atoms with E-state index < -0.39 is 0 Å². The predicted molar refractivity (Wildman–Crippen MR) is 116 cm³/mol. The maximum absolute atomic E-state index is 12.7. The Labute approximate surface area is 175 Å². The van der Waals surface area contributed by atoms with Gasteiger partial charge in [-0.3, -0.25) is 9.69 Å². The van der Waals surface area contributed by atoms with E-state index in [-0.39, 0.29) is 5.56 Å². The van der Waals surface area contributed by atoms with Crippen LogP contribution in [0.15, 0.2) is 58.5 Å². The molecule has 0 fully saturated rings. The van der Waals surface area contributed by atoms with Gasteiger partial charge in [0, 0.05) is 37.4 Å². The molecular formula is C23H25N3O2S. The molecule has 1 aliphatic rings. The fourth-order valence-electron chi connectivity index (χ4n) is 3.69. The third kappa shape index (κ3) is 4.71. The molecule has 2 heterocycles. The molecule has 4 rings (SSSR count). The monoisotopic (exact) mass is 407 g/mol. The summed E-state index contributed by atoms with van der Waals surface area (Å²) in [6.45, 7) is 4.33. The lowest BCUT2D eigenvalue weighted by molar-refractivity contribution is 0.237. The van der Waals surface area contributed by atoms with E-state index in [1.54, 1.807) is 18.9 Å². The smallest absolute Gasteiger partial charge is 0.256 e. The number of aromatic nitrogens is 2. The Morgan fingerprint density at radius 2 is 2.07 bits per heavy atom. The lowest BCUT2D eigenvalue weighted by Crippen LogP contribution is -2.35. The number of benzene rings is 2. The minimum absolute atomic E-state index is 0.0218. The van der Waals surface area contributed by atoms with Crippen LogP contribution >= 0.6 is 11.8 Å². The van der Waals surface area contributed by atoms with Crippen molar-refractivity contribution in [1.29, 1.82) is 0 Å². The summed E-state index contributed by atoms with van der Waals surface area (Å²) < 4.78 is 5.46. The Balaban J connectivity index is 1.46. The average Bonchev–Trinajstić information content (AvgIpc) is 2.73. The fourth-order valence-corrected chi connectivity index (χ4v) is 4.51.